The van der Waals surface area contributed by atoms with Gasteiger partial charge in [-0.25, -0.2) is 0 Å². The summed E-state index contributed by atoms with van der Waals surface area (Å²) in [5.41, 5.74) is 4.03. The molecule has 0 spiro atoms. The number of benzene rings is 1. The highest BCUT2D eigenvalue weighted by atomic mass is 32.1. The molecule has 1 aromatic heterocycles. The number of aryl methyl sites for hydroxylation is 1. The lowest BCUT2D eigenvalue weighted by molar-refractivity contribution is 0.441. The number of phenolic OH excluding ortho intramolecular Hbond substituents is 1. The number of rotatable bonds is 2. The minimum absolute atomic E-state index is 0.0750. The van der Waals surface area contributed by atoms with E-state index in [2.05, 4.69) is 38.7 Å². The van der Waals surface area contributed by atoms with Gasteiger partial charge in [-0.15, -0.1) is 0 Å². The Morgan fingerprint density at radius 1 is 1.20 bits per heavy atom. The Morgan fingerprint density at radius 3 is 2.50 bits per heavy atom. The maximum Gasteiger partial charge on any atom is 0.122 e. The minimum Gasteiger partial charge on any atom is -0.507 e. The van der Waals surface area contributed by atoms with E-state index in [1.807, 2.05) is 24.4 Å². The standard InChI is InChI=1S/C17H21NOS/c1-11-7-12(9-13-10-14(20)5-6-18-13)16(19)15(8-11)17(2,3)4/h5-8,10,19H,9H2,1-4H3,(H,18,20). The summed E-state index contributed by atoms with van der Waals surface area (Å²) >= 11 is 5.18. The largest absolute Gasteiger partial charge is 0.507 e. The van der Waals surface area contributed by atoms with E-state index in [1.165, 1.54) is 0 Å². The van der Waals surface area contributed by atoms with Gasteiger partial charge in [0.15, 0.2) is 0 Å². The van der Waals surface area contributed by atoms with Gasteiger partial charge < -0.3 is 10.1 Å². The third-order valence-corrected chi connectivity index (χ3v) is 3.61. The summed E-state index contributed by atoms with van der Waals surface area (Å²) in [5.74, 6) is 0.395. The van der Waals surface area contributed by atoms with Gasteiger partial charge in [0.1, 0.15) is 5.75 Å². The fraction of sp³-hybridized carbons (Fsp3) is 0.353. The number of hydrogen-bond acceptors (Lipinski definition) is 2. The molecular weight excluding hydrogens is 266 g/mol. The third-order valence-electron chi connectivity index (χ3n) is 3.35. The molecule has 0 bridgehead atoms. The van der Waals surface area contributed by atoms with E-state index in [9.17, 15) is 5.11 Å². The van der Waals surface area contributed by atoms with Gasteiger partial charge in [0.2, 0.25) is 0 Å². The maximum atomic E-state index is 10.5. The van der Waals surface area contributed by atoms with Crippen LogP contribution in [0.4, 0.5) is 0 Å². The summed E-state index contributed by atoms with van der Waals surface area (Å²) in [6.07, 6.45) is 2.50. The Bertz CT molecular complexity index is 680. The minimum atomic E-state index is -0.0750. The molecule has 0 fully saturated rings. The van der Waals surface area contributed by atoms with Crippen LogP contribution in [0.2, 0.25) is 0 Å². The normalized spacial score (nSPS) is 11.6. The van der Waals surface area contributed by atoms with Crippen LogP contribution in [0.15, 0.2) is 30.5 Å². The second-order valence-corrected chi connectivity index (χ2v) is 6.77. The quantitative estimate of drug-likeness (QED) is 0.789. The van der Waals surface area contributed by atoms with E-state index in [4.69, 9.17) is 12.2 Å². The molecule has 1 heterocycles. The number of aromatic amines is 1. The van der Waals surface area contributed by atoms with Crippen LogP contribution >= 0.6 is 12.2 Å². The Balaban J connectivity index is 2.47. The topological polar surface area (TPSA) is 36.0 Å². The average Bonchev–Trinajstić information content (AvgIpc) is 2.32. The van der Waals surface area contributed by atoms with Gasteiger partial charge in [0, 0.05) is 28.4 Å². The van der Waals surface area contributed by atoms with E-state index in [0.29, 0.717) is 12.2 Å². The SMILES string of the molecule is Cc1cc(Cc2cc(=S)cc[nH]2)c(O)c(C(C)(C)C)c1. The van der Waals surface area contributed by atoms with Gasteiger partial charge >= 0.3 is 0 Å². The van der Waals surface area contributed by atoms with Crippen LogP contribution in [0.25, 0.3) is 0 Å². The molecule has 2 aromatic rings. The molecule has 0 radical (unpaired) electrons. The molecule has 0 amide bonds. The molecule has 0 saturated heterocycles. The van der Waals surface area contributed by atoms with Crippen molar-refractivity contribution in [3.05, 3.63) is 57.4 Å². The van der Waals surface area contributed by atoms with Gasteiger partial charge in [-0.05, 0) is 30.0 Å². The van der Waals surface area contributed by atoms with E-state index >= 15 is 0 Å². The first-order chi connectivity index (χ1) is 9.27. The molecule has 0 aliphatic heterocycles. The fourth-order valence-corrected chi connectivity index (χ4v) is 2.57. The maximum absolute atomic E-state index is 10.5. The lowest BCUT2D eigenvalue weighted by atomic mass is 9.83. The molecule has 1 aromatic carbocycles. The monoisotopic (exact) mass is 287 g/mol. The molecule has 0 saturated carbocycles. The van der Waals surface area contributed by atoms with Crippen molar-refractivity contribution in [1.82, 2.24) is 4.98 Å². The molecule has 0 atom stereocenters. The van der Waals surface area contributed by atoms with Crippen LogP contribution in [-0.4, -0.2) is 10.1 Å². The number of aromatic hydroxyl groups is 1. The van der Waals surface area contributed by atoms with Crippen molar-refractivity contribution < 1.29 is 5.11 Å². The Labute approximate surface area is 125 Å². The molecule has 20 heavy (non-hydrogen) atoms. The smallest absolute Gasteiger partial charge is 0.122 e. The van der Waals surface area contributed by atoms with E-state index in [1.54, 1.807) is 0 Å². The van der Waals surface area contributed by atoms with Crippen LogP contribution in [0.5, 0.6) is 5.75 Å². The molecule has 0 unspecified atom stereocenters. The van der Waals surface area contributed by atoms with Crippen molar-refractivity contribution in [1.29, 1.82) is 0 Å². The van der Waals surface area contributed by atoms with Crippen molar-refractivity contribution in [3.8, 4) is 5.75 Å². The van der Waals surface area contributed by atoms with Crippen molar-refractivity contribution >= 4 is 12.2 Å². The summed E-state index contributed by atoms with van der Waals surface area (Å²) in [7, 11) is 0. The van der Waals surface area contributed by atoms with Crippen LogP contribution in [-0.2, 0) is 11.8 Å². The highest BCUT2D eigenvalue weighted by Gasteiger charge is 2.20. The first-order valence-corrected chi connectivity index (χ1v) is 7.19. The number of aromatic nitrogens is 1. The number of hydrogen-bond donors (Lipinski definition) is 2. The summed E-state index contributed by atoms with van der Waals surface area (Å²) < 4.78 is 0.807. The van der Waals surface area contributed by atoms with Crippen molar-refractivity contribution in [3.63, 3.8) is 0 Å². The summed E-state index contributed by atoms with van der Waals surface area (Å²) in [4.78, 5) is 3.18. The molecule has 106 valence electrons. The first-order valence-electron chi connectivity index (χ1n) is 6.78. The van der Waals surface area contributed by atoms with Crippen LogP contribution < -0.4 is 0 Å². The van der Waals surface area contributed by atoms with E-state index in [0.717, 1.165) is 26.9 Å². The number of pyridine rings is 1. The Hall–Kier alpha value is -1.61. The molecule has 2 rings (SSSR count). The lowest BCUT2D eigenvalue weighted by Gasteiger charge is -2.23. The van der Waals surface area contributed by atoms with Crippen molar-refractivity contribution in [2.45, 2.75) is 39.5 Å². The van der Waals surface area contributed by atoms with Gasteiger partial charge in [0.25, 0.3) is 0 Å². The van der Waals surface area contributed by atoms with E-state index in [-0.39, 0.29) is 5.41 Å². The zero-order chi connectivity index (χ0) is 14.9. The predicted molar refractivity (Wildman–Crippen MR) is 86.0 cm³/mol. The molecule has 2 nitrogen and oxygen atoms in total. The third kappa shape index (κ3) is 3.28. The summed E-state index contributed by atoms with van der Waals surface area (Å²) in [6, 6.07) is 7.89. The molecular formula is C17H21NOS. The summed E-state index contributed by atoms with van der Waals surface area (Å²) in [5, 5.41) is 10.5. The highest BCUT2D eigenvalue weighted by molar-refractivity contribution is 7.71. The van der Waals surface area contributed by atoms with Gasteiger partial charge in [-0.3, -0.25) is 0 Å². The number of nitrogens with one attached hydrogen (secondary N) is 1. The number of H-pyrrole nitrogens is 1. The second-order valence-electron chi connectivity index (χ2n) is 6.30. The second kappa shape index (κ2) is 5.41. The van der Waals surface area contributed by atoms with Crippen molar-refractivity contribution in [2.24, 2.45) is 0 Å². The Kier molecular flexibility index (Phi) is 4.00. The van der Waals surface area contributed by atoms with Gasteiger partial charge in [-0.1, -0.05) is 50.7 Å². The van der Waals surface area contributed by atoms with Gasteiger partial charge in [-0.2, -0.15) is 0 Å². The van der Waals surface area contributed by atoms with E-state index < -0.39 is 0 Å². The highest BCUT2D eigenvalue weighted by Crippen LogP contribution is 2.35. The molecule has 2 N–H and O–H groups in total. The average molecular weight is 287 g/mol. The molecule has 0 aliphatic rings. The lowest BCUT2D eigenvalue weighted by Crippen LogP contribution is -2.12. The fourth-order valence-electron chi connectivity index (χ4n) is 2.36. The molecule has 3 heteroatoms. The summed E-state index contributed by atoms with van der Waals surface area (Å²) in [6.45, 7) is 8.40. The van der Waals surface area contributed by atoms with Crippen molar-refractivity contribution in [2.75, 3.05) is 0 Å². The predicted octanol–water partition coefficient (Wildman–Crippen LogP) is 4.65. The zero-order valence-corrected chi connectivity index (χ0v) is 13.3. The van der Waals surface area contributed by atoms with Crippen LogP contribution in [0, 0.1) is 11.4 Å². The molecule has 0 aliphatic carbocycles. The van der Waals surface area contributed by atoms with Crippen LogP contribution in [0.3, 0.4) is 0 Å². The van der Waals surface area contributed by atoms with Gasteiger partial charge in [0.05, 0.1) is 0 Å². The number of phenols is 1. The zero-order valence-electron chi connectivity index (χ0n) is 12.4. The first kappa shape index (κ1) is 14.8. The Morgan fingerprint density at radius 2 is 1.90 bits per heavy atom. The van der Waals surface area contributed by atoms with Crippen LogP contribution in [0.1, 0.15) is 43.2 Å².